The van der Waals surface area contributed by atoms with Crippen LogP contribution in [0.15, 0.2) is 17.5 Å². The first-order valence-electron chi connectivity index (χ1n) is 13.8. The molecule has 0 radical (unpaired) electrons. The average Bonchev–Trinajstić information content (AvgIpc) is 3.30. The van der Waals surface area contributed by atoms with E-state index in [0.717, 1.165) is 36.5 Å². The Morgan fingerprint density at radius 1 is 1.11 bits per heavy atom. The van der Waals surface area contributed by atoms with Crippen LogP contribution in [0.4, 0.5) is 8.78 Å². The number of carbonyl (C=O) groups is 1. The first kappa shape index (κ1) is 24.5. The van der Waals surface area contributed by atoms with Gasteiger partial charge in [0.25, 0.3) is 0 Å². The quantitative estimate of drug-likeness (QED) is 0.483. The summed E-state index contributed by atoms with van der Waals surface area (Å²) >= 11 is 1.66. The number of carbonyl (C=O) groups excluding carboxylic acids is 1. The molecule has 2 aromatic heterocycles. The van der Waals surface area contributed by atoms with E-state index in [1.165, 1.54) is 31.5 Å². The highest BCUT2D eigenvalue weighted by Gasteiger charge is 2.43. The number of nitrogens with zero attached hydrogens (tertiary/aromatic N) is 4. The lowest BCUT2D eigenvalue weighted by Crippen LogP contribution is -2.45. The highest BCUT2D eigenvalue weighted by atomic mass is 32.1. The number of alkyl halides is 2. The zero-order valence-corrected chi connectivity index (χ0v) is 21.9. The van der Waals surface area contributed by atoms with Gasteiger partial charge in [-0.1, -0.05) is 6.07 Å². The fourth-order valence-corrected chi connectivity index (χ4v) is 7.74. The van der Waals surface area contributed by atoms with Crippen molar-refractivity contribution in [2.24, 2.45) is 5.92 Å². The Kier molecular flexibility index (Phi) is 6.65. The van der Waals surface area contributed by atoms with Gasteiger partial charge in [-0.2, -0.15) is 0 Å². The van der Waals surface area contributed by atoms with Gasteiger partial charge in [0.05, 0.1) is 6.04 Å². The molecule has 2 saturated heterocycles. The Bertz CT molecular complexity index is 1040. The number of hydrogen-bond donors (Lipinski definition) is 1. The molecule has 0 spiro atoms. The van der Waals surface area contributed by atoms with Crippen LogP contribution in [0.5, 0.6) is 0 Å². The molecule has 1 unspecified atom stereocenters. The Hall–Kier alpha value is -1.87. The number of hydrogen-bond acceptors (Lipinski definition) is 5. The first-order chi connectivity index (χ1) is 17.4. The molecular formula is C27H37F2N5OS. The monoisotopic (exact) mass is 517 g/mol. The van der Waals surface area contributed by atoms with Crippen LogP contribution in [0.25, 0.3) is 0 Å². The molecule has 4 heterocycles. The Labute approximate surface area is 215 Å². The first-order valence-corrected chi connectivity index (χ1v) is 14.6. The van der Waals surface area contributed by atoms with Gasteiger partial charge in [-0.05, 0) is 76.2 Å². The van der Waals surface area contributed by atoms with Crippen molar-refractivity contribution < 1.29 is 13.6 Å². The van der Waals surface area contributed by atoms with E-state index in [9.17, 15) is 13.6 Å². The van der Waals surface area contributed by atoms with Crippen molar-refractivity contribution in [1.29, 1.82) is 0 Å². The number of aryl methyl sites for hydroxylation is 1. The number of halogens is 2. The van der Waals surface area contributed by atoms with Gasteiger partial charge in [0.15, 0.2) is 0 Å². The molecule has 9 heteroatoms. The van der Waals surface area contributed by atoms with Crippen LogP contribution in [-0.2, 0) is 4.79 Å². The summed E-state index contributed by atoms with van der Waals surface area (Å²) in [7, 11) is 0. The van der Waals surface area contributed by atoms with Crippen molar-refractivity contribution in [2.75, 3.05) is 6.54 Å². The molecule has 36 heavy (non-hydrogen) atoms. The van der Waals surface area contributed by atoms with Crippen molar-refractivity contribution in [2.45, 2.75) is 114 Å². The van der Waals surface area contributed by atoms with Gasteiger partial charge in [0.1, 0.15) is 11.6 Å². The van der Waals surface area contributed by atoms with E-state index < -0.39 is 5.92 Å². The number of fused-ring (bicyclic) bond motifs is 2. The highest BCUT2D eigenvalue weighted by Crippen LogP contribution is 2.45. The zero-order chi connectivity index (χ0) is 24.9. The predicted molar refractivity (Wildman–Crippen MR) is 135 cm³/mol. The van der Waals surface area contributed by atoms with Crippen LogP contribution < -0.4 is 5.32 Å². The van der Waals surface area contributed by atoms with Gasteiger partial charge in [0.2, 0.25) is 11.8 Å². The molecule has 1 N–H and O–H groups in total. The van der Waals surface area contributed by atoms with Gasteiger partial charge in [-0.25, -0.2) is 8.78 Å². The van der Waals surface area contributed by atoms with Crippen molar-refractivity contribution >= 4 is 17.2 Å². The lowest BCUT2D eigenvalue weighted by molar-refractivity contribution is -0.130. The highest BCUT2D eigenvalue weighted by molar-refractivity contribution is 7.10. The maximum atomic E-state index is 13.6. The van der Waals surface area contributed by atoms with Crippen molar-refractivity contribution in [3.63, 3.8) is 0 Å². The smallest absolute Gasteiger partial charge is 0.248 e. The van der Waals surface area contributed by atoms with Gasteiger partial charge in [-0.3, -0.25) is 9.69 Å². The standard InChI is InChI=1S/C27H37F2N5OS/c1-17-31-32-25(18-4-5-18)34(17)22-15-20-6-7-21(16-22)33(20)13-10-23(24-3-2-14-36-24)30-26(35)19-8-11-27(28,29)12-9-19/h2-3,14,18-23H,4-13,15-16H2,1H3,(H,30,35)/t20-,21+,22?,23-/m0/s1. The number of rotatable bonds is 8. The lowest BCUT2D eigenvalue weighted by Gasteiger charge is -2.40. The molecule has 4 atom stereocenters. The summed E-state index contributed by atoms with van der Waals surface area (Å²) in [5, 5.41) is 14.2. The Morgan fingerprint density at radius 2 is 1.83 bits per heavy atom. The van der Waals surface area contributed by atoms with Gasteiger partial charge in [-0.15, -0.1) is 21.5 Å². The van der Waals surface area contributed by atoms with Crippen LogP contribution >= 0.6 is 11.3 Å². The van der Waals surface area contributed by atoms with E-state index in [0.29, 0.717) is 24.0 Å². The molecule has 1 amide bonds. The van der Waals surface area contributed by atoms with Crippen molar-refractivity contribution in [3.05, 3.63) is 34.0 Å². The second-order valence-corrected chi connectivity index (χ2v) is 12.5. The van der Waals surface area contributed by atoms with Crippen LogP contribution in [0.3, 0.4) is 0 Å². The van der Waals surface area contributed by atoms with Crippen LogP contribution in [-0.4, -0.2) is 50.1 Å². The molecule has 0 aromatic carbocycles. The number of thiophene rings is 1. The van der Waals surface area contributed by atoms with E-state index in [1.807, 2.05) is 11.4 Å². The molecule has 2 aliphatic carbocycles. The summed E-state index contributed by atoms with van der Waals surface area (Å²) in [6.07, 6.45) is 8.27. The van der Waals surface area contributed by atoms with Crippen LogP contribution in [0, 0.1) is 12.8 Å². The zero-order valence-electron chi connectivity index (χ0n) is 21.0. The molecule has 4 fully saturated rings. The largest absolute Gasteiger partial charge is 0.348 e. The normalized spacial score (nSPS) is 29.4. The Balaban J connectivity index is 1.09. The molecule has 4 aliphatic rings. The average molecular weight is 518 g/mol. The summed E-state index contributed by atoms with van der Waals surface area (Å²) in [6.45, 7) is 3.04. The van der Waals surface area contributed by atoms with Crippen LogP contribution in [0.2, 0.25) is 0 Å². The van der Waals surface area contributed by atoms with Crippen molar-refractivity contribution in [1.82, 2.24) is 25.0 Å². The van der Waals surface area contributed by atoms with Crippen LogP contribution in [0.1, 0.15) is 105 Å². The number of nitrogens with one attached hydrogen (secondary N) is 1. The summed E-state index contributed by atoms with van der Waals surface area (Å²) in [4.78, 5) is 16.9. The molecule has 2 saturated carbocycles. The van der Waals surface area contributed by atoms with Gasteiger partial charge in [0, 0.05) is 54.2 Å². The maximum Gasteiger partial charge on any atom is 0.248 e. The molecule has 2 aliphatic heterocycles. The third kappa shape index (κ3) is 4.97. The minimum atomic E-state index is -2.61. The second-order valence-electron chi connectivity index (χ2n) is 11.5. The summed E-state index contributed by atoms with van der Waals surface area (Å²) < 4.78 is 29.6. The number of amides is 1. The fraction of sp³-hybridized carbons (Fsp3) is 0.741. The molecular weight excluding hydrogens is 480 g/mol. The molecule has 6 nitrogen and oxygen atoms in total. The second kappa shape index (κ2) is 9.78. The topological polar surface area (TPSA) is 63.1 Å². The SMILES string of the molecule is Cc1nnc(C2CC2)n1C1C[C@H]2CC[C@@H](C1)N2CC[C@H](NC(=O)C1CCC(F)(F)CC1)c1cccs1. The minimum absolute atomic E-state index is 0.0544. The van der Waals surface area contributed by atoms with Crippen molar-refractivity contribution in [3.8, 4) is 0 Å². The van der Waals surface area contributed by atoms with E-state index in [1.54, 1.807) is 11.3 Å². The van der Waals surface area contributed by atoms with E-state index in [2.05, 4.69) is 38.0 Å². The summed E-state index contributed by atoms with van der Waals surface area (Å²) in [6, 6.07) is 5.65. The summed E-state index contributed by atoms with van der Waals surface area (Å²) in [5.74, 6) is -0.109. The molecule has 6 rings (SSSR count). The van der Waals surface area contributed by atoms with Gasteiger partial charge >= 0.3 is 0 Å². The molecule has 2 aromatic rings. The van der Waals surface area contributed by atoms with E-state index in [-0.39, 0.29) is 43.6 Å². The predicted octanol–water partition coefficient (Wildman–Crippen LogP) is 5.77. The summed E-state index contributed by atoms with van der Waals surface area (Å²) in [5.41, 5.74) is 0. The maximum absolute atomic E-state index is 13.6. The third-order valence-corrected chi connectivity index (χ3v) is 10.0. The lowest BCUT2D eigenvalue weighted by atomic mass is 9.86. The third-order valence-electron chi connectivity index (χ3n) is 9.03. The number of aromatic nitrogens is 3. The number of piperidine rings is 1. The minimum Gasteiger partial charge on any atom is -0.348 e. The van der Waals surface area contributed by atoms with E-state index >= 15 is 0 Å². The fourth-order valence-electron chi connectivity index (χ4n) is 6.92. The van der Waals surface area contributed by atoms with E-state index in [4.69, 9.17) is 0 Å². The molecule has 2 bridgehead atoms. The Morgan fingerprint density at radius 3 is 2.47 bits per heavy atom. The molecule has 196 valence electrons. The van der Waals surface area contributed by atoms with Gasteiger partial charge < -0.3 is 9.88 Å².